The highest BCUT2D eigenvalue weighted by molar-refractivity contribution is 5.41. The van der Waals surface area contributed by atoms with Gasteiger partial charge in [-0.15, -0.1) is 0 Å². The van der Waals surface area contributed by atoms with Gasteiger partial charge < -0.3 is 15.0 Å². The van der Waals surface area contributed by atoms with Gasteiger partial charge in [0.25, 0.3) is 0 Å². The molecule has 0 fully saturated rings. The van der Waals surface area contributed by atoms with Crippen molar-refractivity contribution in [1.82, 2.24) is 10.3 Å². The fourth-order valence-electron chi connectivity index (χ4n) is 1.88. The SMILES string of the molecule is COCCN(c1cc(CNC(C)C)ccn1)C(C)C. The standard InChI is InChI=1S/C15H27N3O/c1-12(2)17-11-14-6-7-16-15(10-14)18(13(3)4)8-9-19-5/h6-7,10,12-13,17H,8-9,11H2,1-5H3. The molecule has 1 heterocycles. The summed E-state index contributed by atoms with van der Waals surface area (Å²) in [5.41, 5.74) is 1.27. The van der Waals surface area contributed by atoms with Crippen LogP contribution in [0.2, 0.25) is 0 Å². The molecule has 1 N–H and O–H groups in total. The number of rotatable bonds is 8. The monoisotopic (exact) mass is 265 g/mol. The first-order chi connectivity index (χ1) is 9.04. The molecule has 0 saturated carbocycles. The zero-order valence-corrected chi connectivity index (χ0v) is 12.8. The van der Waals surface area contributed by atoms with E-state index in [4.69, 9.17) is 4.74 Å². The summed E-state index contributed by atoms with van der Waals surface area (Å²) in [4.78, 5) is 6.75. The van der Waals surface area contributed by atoms with Crippen molar-refractivity contribution in [2.75, 3.05) is 25.2 Å². The fraction of sp³-hybridized carbons (Fsp3) is 0.667. The average molecular weight is 265 g/mol. The second-order valence-corrected chi connectivity index (χ2v) is 5.34. The average Bonchev–Trinajstić information content (AvgIpc) is 2.37. The Kier molecular flexibility index (Phi) is 6.81. The quantitative estimate of drug-likeness (QED) is 0.783. The Hall–Kier alpha value is -1.13. The van der Waals surface area contributed by atoms with Crippen molar-refractivity contribution in [2.24, 2.45) is 0 Å². The molecule has 1 rings (SSSR count). The Bertz CT molecular complexity index is 366. The largest absolute Gasteiger partial charge is 0.383 e. The lowest BCUT2D eigenvalue weighted by atomic mass is 10.2. The number of nitrogens with one attached hydrogen (secondary N) is 1. The molecule has 0 unspecified atom stereocenters. The molecule has 1 aromatic heterocycles. The minimum atomic E-state index is 0.413. The van der Waals surface area contributed by atoms with E-state index in [1.165, 1.54) is 5.56 Å². The number of aromatic nitrogens is 1. The number of methoxy groups -OCH3 is 1. The maximum Gasteiger partial charge on any atom is 0.129 e. The Balaban J connectivity index is 2.76. The van der Waals surface area contributed by atoms with Gasteiger partial charge in [0.15, 0.2) is 0 Å². The first-order valence-electron chi connectivity index (χ1n) is 6.98. The van der Waals surface area contributed by atoms with Crippen LogP contribution in [0.4, 0.5) is 5.82 Å². The van der Waals surface area contributed by atoms with E-state index in [-0.39, 0.29) is 0 Å². The number of hydrogen-bond donors (Lipinski definition) is 1. The third kappa shape index (κ3) is 5.57. The third-order valence-corrected chi connectivity index (χ3v) is 2.98. The number of anilines is 1. The number of ether oxygens (including phenoxy) is 1. The molecule has 0 aromatic carbocycles. The summed E-state index contributed by atoms with van der Waals surface area (Å²) in [6.45, 7) is 11.1. The summed E-state index contributed by atoms with van der Waals surface area (Å²) < 4.78 is 5.17. The van der Waals surface area contributed by atoms with Crippen LogP contribution in [0.3, 0.4) is 0 Å². The predicted octanol–water partition coefficient (Wildman–Crippen LogP) is 2.44. The summed E-state index contributed by atoms with van der Waals surface area (Å²) in [7, 11) is 1.73. The van der Waals surface area contributed by atoms with Crippen molar-refractivity contribution < 1.29 is 4.74 Å². The first kappa shape index (κ1) is 15.9. The Morgan fingerprint density at radius 3 is 2.63 bits per heavy atom. The molecule has 108 valence electrons. The number of nitrogens with zero attached hydrogens (tertiary/aromatic N) is 2. The minimum Gasteiger partial charge on any atom is -0.383 e. The van der Waals surface area contributed by atoms with E-state index in [1.807, 2.05) is 6.20 Å². The van der Waals surface area contributed by atoms with E-state index >= 15 is 0 Å². The normalized spacial score (nSPS) is 11.3. The molecule has 19 heavy (non-hydrogen) atoms. The summed E-state index contributed by atoms with van der Waals surface area (Å²) in [6.07, 6.45) is 1.88. The molecule has 0 spiro atoms. The van der Waals surface area contributed by atoms with Gasteiger partial charge in [0, 0.05) is 38.5 Å². The molecule has 0 amide bonds. The topological polar surface area (TPSA) is 37.4 Å². The zero-order valence-electron chi connectivity index (χ0n) is 12.8. The van der Waals surface area contributed by atoms with Crippen LogP contribution >= 0.6 is 0 Å². The van der Waals surface area contributed by atoms with Crippen molar-refractivity contribution in [1.29, 1.82) is 0 Å². The highest BCUT2D eigenvalue weighted by Gasteiger charge is 2.12. The van der Waals surface area contributed by atoms with Crippen molar-refractivity contribution in [3.8, 4) is 0 Å². The lowest BCUT2D eigenvalue weighted by molar-refractivity contribution is 0.203. The predicted molar refractivity (Wildman–Crippen MR) is 80.6 cm³/mol. The van der Waals surface area contributed by atoms with Crippen LogP contribution in [-0.4, -0.2) is 37.3 Å². The van der Waals surface area contributed by atoms with Crippen LogP contribution in [0.5, 0.6) is 0 Å². The highest BCUT2D eigenvalue weighted by Crippen LogP contribution is 2.15. The van der Waals surface area contributed by atoms with E-state index in [0.717, 1.165) is 18.9 Å². The molecular formula is C15H27N3O. The van der Waals surface area contributed by atoms with Gasteiger partial charge in [-0.1, -0.05) is 13.8 Å². The summed E-state index contributed by atoms with van der Waals surface area (Å²) >= 11 is 0. The molecule has 0 radical (unpaired) electrons. The van der Waals surface area contributed by atoms with Crippen LogP contribution < -0.4 is 10.2 Å². The van der Waals surface area contributed by atoms with E-state index in [2.05, 4.69) is 55.0 Å². The fourth-order valence-corrected chi connectivity index (χ4v) is 1.88. The Morgan fingerprint density at radius 2 is 2.05 bits per heavy atom. The van der Waals surface area contributed by atoms with E-state index in [0.29, 0.717) is 18.7 Å². The maximum atomic E-state index is 5.17. The van der Waals surface area contributed by atoms with Gasteiger partial charge in [0.05, 0.1) is 6.61 Å². The number of pyridine rings is 1. The molecule has 4 nitrogen and oxygen atoms in total. The van der Waals surface area contributed by atoms with E-state index in [9.17, 15) is 0 Å². The molecule has 0 aliphatic rings. The van der Waals surface area contributed by atoms with Crippen LogP contribution in [0.1, 0.15) is 33.3 Å². The van der Waals surface area contributed by atoms with Crippen molar-refractivity contribution in [3.05, 3.63) is 23.9 Å². The molecule has 0 bridgehead atoms. The third-order valence-electron chi connectivity index (χ3n) is 2.98. The molecule has 0 aliphatic carbocycles. The Morgan fingerprint density at radius 1 is 1.32 bits per heavy atom. The van der Waals surface area contributed by atoms with Crippen LogP contribution in [-0.2, 0) is 11.3 Å². The molecule has 1 aromatic rings. The van der Waals surface area contributed by atoms with Crippen LogP contribution in [0.25, 0.3) is 0 Å². The van der Waals surface area contributed by atoms with Crippen LogP contribution in [0, 0.1) is 0 Å². The van der Waals surface area contributed by atoms with Gasteiger partial charge in [0.1, 0.15) is 5.82 Å². The second-order valence-electron chi connectivity index (χ2n) is 5.34. The molecule has 0 atom stereocenters. The van der Waals surface area contributed by atoms with E-state index < -0.39 is 0 Å². The molecular weight excluding hydrogens is 238 g/mol. The highest BCUT2D eigenvalue weighted by atomic mass is 16.5. The smallest absolute Gasteiger partial charge is 0.129 e. The van der Waals surface area contributed by atoms with Gasteiger partial charge in [-0.3, -0.25) is 0 Å². The molecule has 0 saturated heterocycles. The Labute approximate surface area is 117 Å². The van der Waals surface area contributed by atoms with Gasteiger partial charge in [-0.25, -0.2) is 4.98 Å². The first-order valence-corrected chi connectivity index (χ1v) is 6.98. The second kappa shape index (κ2) is 8.12. The van der Waals surface area contributed by atoms with Gasteiger partial charge in [-0.2, -0.15) is 0 Å². The van der Waals surface area contributed by atoms with Gasteiger partial charge >= 0.3 is 0 Å². The van der Waals surface area contributed by atoms with Gasteiger partial charge in [-0.05, 0) is 31.5 Å². The summed E-state index contributed by atoms with van der Waals surface area (Å²) in [5.74, 6) is 1.02. The lowest BCUT2D eigenvalue weighted by Gasteiger charge is -2.28. The van der Waals surface area contributed by atoms with Gasteiger partial charge in [0.2, 0.25) is 0 Å². The van der Waals surface area contributed by atoms with Crippen molar-refractivity contribution in [3.63, 3.8) is 0 Å². The molecule has 4 heteroatoms. The minimum absolute atomic E-state index is 0.413. The zero-order chi connectivity index (χ0) is 14.3. The summed E-state index contributed by atoms with van der Waals surface area (Å²) in [6, 6.07) is 5.13. The van der Waals surface area contributed by atoms with Crippen LogP contribution in [0.15, 0.2) is 18.3 Å². The lowest BCUT2D eigenvalue weighted by Crippen LogP contribution is -2.34. The molecule has 0 aliphatic heterocycles. The maximum absolute atomic E-state index is 5.17. The van der Waals surface area contributed by atoms with E-state index in [1.54, 1.807) is 7.11 Å². The number of hydrogen-bond acceptors (Lipinski definition) is 4. The van der Waals surface area contributed by atoms with Crippen molar-refractivity contribution >= 4 is 5.82 Å². The van der Waals surface area contributed by atoms with Crippen molar-refractivity contribution in [2.45, 2.75) is 46.3 Å². The summed E-state index contributed by atoms with van der Waals surface area (Å²) in [5, 5.41) is 3.43.